The molecule has 2 saturated carbocycles. The van der Waals surface area contributed by atoms with Crippen molar-refractivity contribution in [3.63, 3.8) is 0 Å². The van der Waals surface area contributed by atoms with Crippen molar-refractivity contribution < 1.29 is 0 Å². The largest absolute Gasteiger partial charge is 0.0851 e. The lowest BCUT2D eigenvalue weighted by atomic mass is 9.68. The Bertz CT molecular complexity index is 231. The number of fused-ring (bicyclic) bond motifs is 2. The van der Waals surface area contributed by atoms with Crippen molar-refractivity contribution >= 4 is 0 Å². The Morgan fingerprint density at radius 1 is 0.733 bits per heavy atom. The molecule has 3 aliphatic carbocycles. The molecule has 0 heterocycles. The maximum atomic E-state index is 2.51. The summed E-state index contributed by atoms with van der Waals surface area (Å²) in [7, 11) is 0. The van der Waals surface area contributed by atoms with E-state index in [1.165, 1.54) is 44.9 Å². The number of hydrogen-bond donors (Lipinski definition) is 0. The molecule has 2 atom stereocenters. The van der Waals surface area contributed by atoms with Gasteiger partial charge in [-0.2, -0.15) is 0 Å². The Morgan fingerprint density at radius 2 is 1.33 bits per heavy atom. The maximum Gasteiger partial charge on any atom is -0.0225 e. The molecule has 0 heteroatoms. The third-order valence-electron chi connectivity index (χ3n) is 5.20. The molecule has 0 aromatic rings. The van der Waals surface area contributed by atoms with Gasteiger partial charge in [0.15, 0.2) is 0 Å². The van der Waals surface area contributed by atoms with E-state index in [4.69, 9.17) is 0 Å². The fraction of sp³-hybridized carbons (Fsp3) is 0.867. The van der Waals surface area contributed by atoms with Crippen LogP contribution in [0, 0.1) is 29.6 Å². The average Bonchev–Trinajstić information content (AvgIpc) is 2.59. The van der Waals surface area contributed by atoms with Crippen LogP contribution in [0.3, 0.4) is 0 Å². The van der Waals surface area contributed by atoms with E-state index in [-0.39, 0.29) is 0 Å². The summed E-state index contributed by atoms with van der Waals surface area (Å²) in [4.78, 5) is 0. The molecule has 2 unspecified atom stereocenters. The van der Waals surface area contributed by atoms with E-state index in [2.05, 4.69) is 19.1 Å². The predicted octanol–water partition coefficient (Wildman–Crippen LogP) is 4.42. The minimum Gasteiger partial charge on any atom is -0.0851 e. The maximum absolute atomic E-state index is 2.51. The molecule has 0 radical (unpaired) electrons. The predicted molar refractivity (Wildman–Crippen MR) is 64.6 cm³/mol. The third-order valence-corrected chi connectivity index (χ3v) is 5.20. The van der Waals surface area contributed by atoms with Gasteiger partial charge in [-0.15, -0.1) is 0 Å². The molecule has 0 aromatic heterocycles. The molecular weight excluding hydrogens is 180 g/mol. The van der Waals surface area contributed by atoms with E-state index in [9.17, 15) is 0 Å². The fourth-order valence-corrected chi connectivity index (χ4v) is 4.23. The van der Waals surface area contributed by atoms with Gasteiger partial charge in [0.1, 0.15) is 0 Å². The van der Waals surface area contributed by atoms with Gasteiger partial charge in [0, 0.05) is 0 Å². The van der Waals surface area contributed by atoms with Gasteiger partial charge in [-0.25, -0.2) is 0 Å². The summed E-state index contributed by atoms with van der Waals surface area (Å²) in [6, 6.07) is 0. The van der Waals surface area contributed by atoms with Crippen LogP contribution in [0.2, 0.25) is 0 Å². The van der Waals surface area contributed by atoms with E-state index >= 15 is 0 Å². The monoisotopic (exact) mass is 204 g/mol. The first-order valence-electron chi connectivity index (χ1n) is 6.99. The Balaban J connectivity index is 1.59. The zero-order valence-corrected chi connectivity index (χ0v) is 9.99. The van der Waals surface area contributed by atoms with Crippen LogP contribution in [0.4, 0.5) is 0 Å². The normalized spacial score (nSPS) is 49.5. The highest BCUT2D eigenvalue weighted by Crippen LogP contribution is 2.46. The molecule has 0 spiro atoms. The second-order valence-electron chi connectivity index (χ2n) is 6.39. The van der Waals surface area contributed by atoms with Gasteiger partial charge in [-0.3, -0.25) is 0 Å². The van der Waals surface area contributed by atoms with E-state index < -0.39 is 0 Å². The summed E-state index contributed by atoms with van der Waals surface area (Å²) in [5, 5.41) is 0. The lowest BCUT2D eigenvalue weighted by Crippen LogP contribution is -2.26. The second-order valence-corrected chi connectivity index (χ2v) is 6.39. The van der Waals surface area contributed by atoms with Crippen LogP contribution in [0.1, 0.15) is 51.9 Å². The topological polar surface area (TPSA) is 0 Å². The molecule has 0 amide bonds. The van der Waals surface area contributed by atoms with Crippen LogP contribution in [0.25, 0.3) is 0 Å². The first-order valence-corrected chi connectivity index (χ1v) is 6.99. The smallest absolute Gasteiger partial charge is 0.0225 e. The summed E-state index contributed by atoms with van der Waals surface area (Å²) in [5.74, 6) is 5.11. The molecular formula is C15H24. The van der Waals surface area contributed by atoms with Crippen molar-refractivity contribution in [3.05, 3.63) is 12.2 Å². The first-order chi connectivity index (χ1) is 7.31. The van der Waals surface area contributed by atoms with Gasteiger partial charge >= 0.3 is 0 Å². The van der Waals surface area contributed by atoms with Crippen LogP contribution in [-0.2, 0) is 0 Å². The summed E-state index contributed by atoms with van der Waals surface area (Å²) >= 11 is 0. The molecule has 15 heavy (non-hydrogen) atoms. The van der Waals surface area contributed by atoms with Crippen molar-refractivity contribution in [3.8, 4) is 0 Å². The van der Waals surface area contributed by atoms with Gasteiger partial charge in [0.25, 0.3) is 0 Å². The summed E-state index contributed by atoms with van der Waals surface area (Å²) in [5.41, 5.74) is 0. The molecule has 2 fully saturated rings. The minimum absolute atomic E-state index is 0.966. The van der Waals surface area contributed by atoms with Gasteiger partial charge < -0.3 is 0 Å². The van der Waals surface area contributed by atoms with E-state index in [0.29, 0.717) is 0 Å². The molecule has 0 aromatic carbocycles. The summed E-state index contributed by atoms with van der Waals surface area (Å²) in [6.45, 7) is 2.43. The Hall–Kier alpha value is -0.260. The van der Waals surface area contributed by atoms with Crippen LogP contribution in [-0.4, -0.2) is 0 Å². The van der Waals surface area contributed by atoms with Crippen LogP contribution < -0.4 is 0 Å². The number of allylic oxidation sites excluding steroid dienone is 2. The number of rotatable bonds is 1. The molecule has 0 N–H and O–H groups in total. The summed E-state index contributed by atoms with van der Waals surface area (Å²) < 4.78 is 0. The van der Waals surface area contributed by atoms with E-state index in [1.807, 2.05) is 0 Å². The van der Waals surface area contributed by atoms with E-state index in [0.717, 1.165) is 29.6 Å². The molecule has 3 aliphatic rings. The van der Waals surface area contributed by atoms with Crippen LogP contribution in [0.5, 0.6) is 0 Å². The highest BCUT2D eigenvalue weighted by atomic mass is 14.4. The molecule has 0 aliphatic heterocycles. The first kappa shape index (κ1) is 9.93. The second kappa shape index (κ2) is 3.96. The highest BCUT2D eigenvalue weighted by Gasteiger charge is 2.35. The standard InChI is InChI=1S/C15H24/c1-11-2-6-14(7-3-11)15-9-12-4-5-13(8-12)10-15/h4-5,11-15H,2-3,6-10H2,1H3. The lowest BCUT2D eigenvalue weighted by molar-refractivity contribution is 0.145. The zero-order valence-electron chi connectivity index (χ0n) is 9.99. The molecule has 84 valence electrons. The van der Waals surface area contributed by atoms with Crippen LogP contribution in [0.15, 0.2) is 12.2 Å². The van der Waals surface area contributed by atoms with Crippen molar-refractivity contribution in [2.24, 2.45) is 29.6 Å². The summed E-state index contributed by atoms with van der Waals surface area (Å²) in [6.07, 6.45) is 15.6. The third kappa shape index (κ3) is 2.00. The Morgan fingerprint density at radius 3 is 1.93 bits per heavy atom. The Labute approximate surface area is 94.1 Å². The minimum atomic E-state index is 0.966. The quantitative estimate of drug-likeness (QED) is 0.555. The molecule has 3 rings (SSSR count). The molecule has 0 nitrogen and oxygen atoms in total. The molecule has 0 saturated heterocycles. The molecule has 2 bridgehead atoms. The van der Waals surface area contributed by atoms with Gasteiger partial charge in [-0.05, 0) is 61.7 Å². The van der Waals surface area contributed by atoms with Crippen molar-refractivity contribution in [2.45, 2.75) is 51.9 Å². The van der Waals surface area contributed by atoms with Gasteiger partial charge in [0.05, 0.1) is 0 Å². The van der Waals surface area contributed by atoms with Crippen molar-refractivity contribution in [1.82, 2.24) is 0 Å². The van der Waals surface area contributed by atoms with E-state index in [1.54, 1.807) is 0 Å². The lowest BCUT2D eigenvalue weighted by Gasteiger charge is -2.37. The zero-order chi connectivity index (χ0) is 10.3. The average molecular weight is 204 g/mol. The Kier molecular flexibility index (Phi) is 2.62. The van der Waals surface area contributed by atoms with Crippen LogP contribution >= 0.6 is 0 Å². The SMILES string of the molecule is CC1CCC(C2CC3C=CC(C3)C2)CC1. The number of hydrogen-bond acceptors (Lipinski definition) is 0. The van der Waals surface area contributed by atoms with Gasteiger partial charge in [0.2, 0.25) is 0 Å². The van der Waals surface area contributed by atoms with Gasteiger partial charge in [-0.1, -0.05) is 31.9 Å². The van der Waals surface area contributed by atoms with Crippen molar-refractivity contribution in [1.29, 1.82) is 0 Å². The van der Waals surface area contributed by atoms with Crippen molar-refractivity contribution in [2.75, 3.05) is 0 Å². The fourth-order valence-electron chi connectivity index (χ4n) is 4.23. The highest BCUT2D eigenvalue weighted by molar-refractivity contribution is 5.06.